The van der Waals surface area contributed by atoms with Gasteiger partial charge in [0.1, 0.15) is 5.82 Å². The second kappa shape index (κ2) is 10.3. The van der Waals surface area contributed by atoms with Gasteiger partial charge in [-0.05, 0) is 87.1 Å². The van der Waals surface area contributed by atoms with Crippen LogP contribution in [0.15, 0.2) is 176 Å². The molecular formula is C49H29N3. The molecule has 0 atom stereocenters. The molecule has 0 unspecified atom stereocenters. The summed E-state index contributed by atoms with van der Waals surface area (Å²) >= 11 is 0. The van der Waals surface area contributed by atoms with Gasteiger partial charge in [0.05, 0.1) is 22.1 Å². The van der Waals surface area contributed by atoms with Crippen molar-refractivity contribution in [3.05, 3.63) is 176 Å². The Morgan fingerprint density at radius 1 is 0.365 bits per heavy atom. The molecule has 0 N–H and O–H groups in total. The summed E-state index contributed by atoms with van der Waals surface area (Å²) in [5, 5.41) is 9.97. The lowest BCUT2D eigenvalue weighted by molar-refractivity contribution is 1.09. The van der Waals surface area contributed by atoms with Crippen molar-refractivity contribution in [3.63, 3.8) is 0 Å². The Kier molecular flexibility index (Phi) is 5.50. The molecule has 3 heterocycles. The summed E-state index contributed by atoms with van der Waals surface area (Å²) in [7, 11) is 0. The van der Waals surface area contributed by atoms with Gasteiger partial charge in [-0.25, -0.2) is 4.98 Å². The van der Waals surface area contributed by atoms with Gasteiger partial charge in [0.2, 0.25) is 0 Å². The first-order valence-electron chi connectivity index (χ1n) is 17.9. The molecule has 0 fully saturated rings. The first-order valence-corrected chi connectivity index (χ1v) is 17.9. The summed E-state index contributed by atoms with van der Waals surface area (Å²) in [6.07, 6.45) is 2.04. The van der Waals surface area contributed by atoms with Crippen LogP contribution in [0.3, 0.4) is 0 Å². The number of hydrogen-bond acceptors (Lipinski definition) is 1. The Morgan fingerprint density at radius 2 is 1.00 bits per heavy atom. The topological polar surface area (TPSA) is 22.8 Å². The molecule has 8 aromatic carbocycles. The number of benzene rings is 8. The van der Waals surface area contributed by atoms with Gasteiger partial charge in [0, 0.05) is 49.8 Å². The number of hydrogen-bond donors (Lipinski definition) is 0. The van der Waals surface area contributed by atoms with E-state index in [4.69, 9.17) is 4.98 Å². The van der Waals surface area contributed by atoms with E-state index in [1.807, 2.05) is 6.20 Å². The zero-order valence-electron chi connectivity index (χ0n) is 28.1. The van der Waals surface area contributed by atoms with Crippen LogP contribution in [0.1, 0.15) is 0 Å². The maximum Gasteiger partial charge on any atom is 0.146 e. The summed E-state index contributed by atoms with van der Waals surface area (Å²) in [4.78, 5) is 5.21. The lowest BCUT2D eigenvalue weighted by atomic mass is 9.99. The van der Waals surface area contributed by atoms with Crippen LogP contribution >= 0.6 is 0 Å². The van der Waals surface area contributed by atoms with Gasteiger partial charge < -0.3 is 4.57 Å². The SMILES string of the molecule is c1ccc(-n2c3ccc(-c4ccc5c(c4)c4ccccc4n5-c4ncc5cccc6c5c4-c4ccccc4-6)cc3c3c4ccccc4ccc32)cc1. The Hall–Kier alpha value is -6.97. The molecule has 52 heavy (non-hydrogen) atoms. The number of fused-ring (bicyclic) bond motifs is 11. The largest absolute Gasteiger partial charge is 0.309 e. The van der Waals surface area contributed by atoms with E-state index in [2.05, 4.69) is 179 Å². The molecule has 1 aliphatic carbocycles. The van der Waals surface area contributed by atoms with Crippen molar-refractivity contribution in [2.24, 2.45) is 0 Å². The molecule has 0 aliphatic heterocycles. The van der Waals surface area contributed by atoms with E-state index in [9.17, 15) is 0 Å². The predicted molar refractivity (Wildman–Crippen MR) is 218 cm³/mol. The standard InChI is InChI=1S/C49H29N3/c1-2-13-34(14-3-1)51-44-25-23-32(28-41(44)47-35-15-5-4-11-30(35)21-26-45(47)51)31-22-24-43-40(27-31)37-17-8-9-20-42(37)52(43)49-48-39-18-7-6-16-36(39)38-19-10-12-33(29-50-49)46(38)48/h1-29H. The monoisotopic (exact) mass is 659 g/mol. The van der Waals surface area contributed by atoms with Gasteiger partial charge in [0.15, 0.2) is 0 Å². The lowest BCUT2D eigenvalue weighted by Gasteiger charge is -2.13. The fourth-order valence-corrected chi connectivity index (χ4v) is 9.05. The number of rotatable bonds is 3. The van der Waals surface area contributed by atoms with Crippen molar-refractivity contribution in [1.82, 2.24) is 14.1 Å². The molecule has 11 aromatic rings. The lowest BCUT2D eigenvalue weighted by Crippen LogP contribution is -2.00. The summed E-state index contributed by atoms with van der Waals surface area (Å²) in [6.45, 7) is 0. The van der Waals surface area contributed by atoms with Crippen molar-refractivity contribution in [1.29, 1.82) is 0 Å². The smallest absolute Gasteiger partial charge is 0.146 e. The molecule has 12 rings (SSSR count). The molecule has 0 bridgehead atoms. The summed E-state index contributed by atoms with van der Waals surface area (Å²) < 4.78 is 4.78. The van der Waals surface area contributed by atoms with Gasteiger partial charge in [-0.3, -0.25) is 4.57 Å². The van der Waals surface area contributed by atoms with Crippen molar-refractivity contribution in [3.8, 4) is 44.9 Å². The maximum atomic E-state index is 5.21. The predicted octanol–water partition coefficient (Wildman–Crippen LogP) is 12.9. The highest BCUT2D eigenvalue weighted by molar-refractivity contribution is 6.22. The number of para-hydroxylation sites is 2. The van der Waals surface area contributed by atoms with Crippen LogP contribution in [0.2, 0.25) is 0 Å². The van der Waals surface area contributed by atoms with E-state index >= 15 is 0 Å². The Balaban J connectivity index is 1.11. The molecule has 0 saturated carbocycles. The van der Waals surface area contributed by atoms with Crippen LogP contribution < -0.4 is 0 Å². The molecule has 3 aromatic heterocycles. The summed E-state index contributed by atoms with van der Waals surface area (Å²) in [5.41, 5.74) is 13.3. The minimum Gasteiger partial charge on any atom is -0.309 e. The van der Waals surface area contributed by atoms with Gasteiger partial charge in [-0.2, -0.15) is 0 Å². The highest BCUT2D eigenvalue weighted by Crippen LogP contribution is 2.50. The minimum atomic E-state index is 0.978. The van der Waals surface area contributed by atoms with Gasteiger partial charge >= 0.3 is 0 Å². The van der Waals surface area contributed by atoms with Crippen LogP contribution in [-0.2, 0) is 0 Å². The third kappa shape index (κ3) is 3.66. The third-order valence-electron chi connectivity index (χ3n) is 11.3. The van der Waals surface area contributed by atoms with Crippen LogP contribution in [-0.4, -0.2) is 14.1 Å². The Morgan fingerprint density at radius 3 is 1.87 bits per heavy atom. The van der Waals surface area contributed by atoms with Crippen LogP contribution in [0.5, 0.6) is 0 Å². The van der Waals surface area contributed by atoms with Crippen molar-refractivity contribution in [2.75, 3.05) is 0 Å². The molecule has 0 saturated heterocycles. The van der Waals surface area contributed by atoms with E-state index in [-0.39, 0.29) is 0 Å². The molecule has 240 valence electrons. The molecule has 0 spiro atoms. The van der Waals surface area contributed by atoms with Crippen molar-refractivity contribution >= 4 is 65.2 Å². The van der Waals surface area contributed by atoms with Crippen molar-refractivity contribution in [2.45, 2.75) is 0 Å². The second-order valence-corrected chi connectivity index (χ2v) is 13.9. The molecule has 0 amide bonds. The quantitative estimate of drug-likeness (QED) is 0.185. The highest BCUT2D eigenvalue weighted by Gasteiger charge is 2.27. The second-order valence-electron chi connectivity index (χ2n) is 13.9. The fourth-order valence-electron chi connectivity index (χ4n) is 9.05. The van der Waals surface area contributed by atoms with E-state index in [1.165, 1.54) is 93.2 Å². The van der Waals surface area contributed by atoms with Crippen LogP contribution in [0.25, 0.3) is 110 Å². The van der Waals surface area contributed by atoms with E-state index in [0.29, 0.717) is 0 Å². The van der Waals surface area contributed by atoms with Crippen molar-refractivity contribution < 1.29 is 0 Å². The summed E-state index contributed by atoms with van der Waals surface area (Å²) in [6, 6.07) is 62.0. The Labute approximate surface area is 299 Å². The van der Waals surface area contributed by atoms with E-state index in [0.717, 1.165) is 16.9 Å². The average molecular weight is 660 g/mol. The number of nitrogens with zero attached hydrogens (tertiary/aromatic N) is 3. The Bertz CT molecular complexity index is 3290. The third-order valence-corrected chi connectivity index (χ3v) is 11.3. The van der Waals surface area contributed by atoms with Crippen LogP contribution in [0, 0.1) is 0 Å². The number of aromatic nitrogens is 3. The zero-order valence-corrected chi connectivity index (χ0v) is 28.1. The molecule has 1 aliphatic rings. The molecule has 0 radical (unpaired) electrons. The molecular weight excluding hydrogens is 631 g/mol. The van der Waals surface area contributed by atoms with E-state index < -0.39 is 0 Å². The zero-order chi connectivity index (χ0) is 33.9. The van der Waals surface area contributed by atoms with E-state index in [1.54, 1.807) is 0 Å². The summed E-state index contributed by atoms with van der Waals surface area (Å²) in [5.74, 6) is 0.978. The van der Waals surface area contributed by atoms with Gasteiger partial charge in [-0.1, -0.05) is 121 Å². The van der Waals surface area contributed by atoms with Crippen LogP contribution in [0.4, 0.5) is 0 Å². The molecule has 3 nitrogen and oxygen atoms in total. The highest BCUT2D eigenvalue weighted by atomic mass is 15.1. The maximum absolute atomic E-state index is 5.21. The first kappa shape index (κ1) is 27.8. The normalized spacial score (nSPS) is 12.2. The first-order chi connectivity index (χ1) is 25.8. The minimum absolute atomic E-state index is 0.978. The fraction of sp³-hybridized carbons (Fsp3) is 0. The number of pyridine rings is 1. The molecule has 3 heteroatoms. The van der Waals surface area contributed by atoms with Gasteiger partial charge in [-0.15, -0.1) is 0 Å². The average Bonchev–Trinajstić information content (AvgIpc) is 3.85. The van der Waals surface area contributed by atoms with Gasteiger partial charge in [0.25, 0.3) is 0 Å².